The van der Waals surface area contributed by atoms with Gasteiger partial charge in [0.2, 0.25) is 5.91 Å². The fourth-order valence-electron chi connectivity index (χ4n) is 1.89. The highest BCUT2D eigenvalue weighted by Crippen LogP contribution is 2.23. The van der Waals surface area contributed by atoms with Crippen LogP contribution in [0.1, 0.15) is 20.3 Å². The van der Waals surface area contributed by atoms with Crippen LogP contribution >= 0.6 is 0 Å². The number of rotatable bonds is 3. The molecule has 2 atom stereocenters. The molecule has 1 saturated heterocycles. The molecular weight excluding hydrogens is 194 g/mol. The zero-order valence-corrected chi connectivity index (χ0v) is 8.93. The van der Waals surface area contributed by atoms with Gasteiger partial charge < -0.3 is 10.0 Å². The van der Waals surface area contributed by atoms with Crippen LogP contribution in [0.2, 0.25) is 0 Å². The van der Waals surface area contributed by atoms with Crippen molar-refractivity contribution < 1.29 is 14.7 Å². The normalized spacial score (nSPS) is 22.9. The van der Waals surface area contributed by atoms with Gasteiger partial charge in [0, 0.05) is 18.9 Å². The first kappa shape index (κ1) is 11.6. The maximum absolute atomic E-state index is 11.6. The number of carbonyl (C=O) groups excluding carboxylic acids is 1. The first-order valence-electron chi connectivity index (χ1n) is 4.95. The van der Waals surface area contributed by atoms with Crippen LogP contribution in [0.5, 0.6) is 0 Å². The number of carboxylic acid groups (broad SMARTS) is 1. The first-order valence-corrected chi connectivity index (χ1v) is 4.95. The van der Waals surface area contributed by atoms with Gasteiger partial charge in [0.1, 0.15) is 6.04 Å². The molecule has 1 heterocycles. The second-order valence-electron chi connectivity index (χ2n) is 4.14. The molecule has 1 aliphatic rings. The van der Waals surface area contributed by atoms with E-state index in [-0.39, 0.29) is 24.2 Å². The molecule has 0 aromatic carbocycles. The number of aliphatic carboxylic acids is 1. The number of nitrogens with zero attached hydrogens (tertiary/aromatic N) is 1. The van der Waals surface area contributed by atoms with Gasteiger partial charge in [0.05, 0.1) is 0 Å². The van der Waals surface area contributed by atoms with Crippen molar-refractivity contribution in [1.82, 2.24) is 4.90 Å². The summed E-state index contributed by atoms with van der Waals surface area (Å²) in [6.45, 7) is 3.94. The quantitative estimate of drug-likeness (QED) is 0.692. The maximum atomic E-state index is 11.6. The molecule has 0 aromatic heterocycles. The Bertz CT molecular complexity index is 316. The van der Waals surface area contributed by atoms with Gasteiger partial charge in [-0.15, -0.1) is 12.3 Å². The summed E-state index contributed by atoms with van der Waals surface area (Å²) in [6, 6.07) is -0.754. The van der Waals surface area contributed by atoms with Crippen LogP contribution in [0.3, 0.4) is 0 Å². The molecule has 1 N–H and O–H groups in total. The fraction of sp³-hybridized carbons (Fsp3) is 0.636. The van der Waals surface area contributed by atoms with Gasteiger partial charge in [0.25, 0.3) is 0 Å². The Balaban J connectivity index is 2.83. The van der Waals surface area contributed by atoms with E-state index in [1.165, 1.54) is 4.90 Å². The summed E-state index contributed by atoms with van der Waals surface area (Å²) in [5.41, 5.74) is 0. The van der Waals surface area contributed by atoms with Crippen molar-refractivity contribution in [3.8, 4) is 12.3 Å². The molecule has 4 nitrogen and oxygen atoms in total. The Morgan fingerprint density at radius 2 is 2.27 bits per heavy atom. The number of terminal acetylenes is 1. The van der Waals surface area contributed by atoms with E-state index in [1.54, 1.807) is 13.8 Å². The number of likely N-dealkylation sites (tertiary alicyclic amines) is 1. The molecule has 1 unspecified atom stereocenters. The summed E-state index contributed by atoms with van der Waals surface area (Å²) in [5.74, 6) is 1.14. The minimum atomic E-state index is -0.962. The molecule has 1 aliphatic heterocycles. The van der Waals surface area contributed by atoms with Crippen LogP contribution in [0.4, 0.5) is 0 Å². The molecule has 0 spiro atoms. The Labute approximate surface area is 89.3 Å². The van der Waals surface area contributed by atoms with Crippen LogP contribution < -0.4 is 0 Å². The average molecular weight is 209 g/mol. The molecule has 0 aliphatic carbocycles. The molecule has 15 heavy (non-hydrogen) atoms. The van der Waals surface area contributed by atoms with Crippen LogP contribution in [0, 0.1) is 24.2 Å². The van der Waals surface area contributed by atoms with Crippen molar-refractivity contribution in [3.63, 3.8) is 0 Å². The van der Waals surface area contributed by atoms with Crippen LogP contribution in [0.25, 0.3) is 0 Å². The smallest absolute Gasteiger partial charge is 0.326 e. The lowest BCUT2D eigenvalue weighted by atomic mass is 10.0. The van der Waals surface area contributed by atoms with Gasteiger partial charge in [-0.3, -0.25) is 4.79 Å². The number of carboxylic acids is 1. The number of hydrogen-bond acceptors (Lipinski definition) is 2. The lowest BCUT2D eigenvalue weighted by Gasteiger charge is -2.27. The van der Waals surface area contributed by atoms with Crippen LogP contribution in [0.15, 0.2) is 0 Å². The lowest BCUT2D eigenvalue weighted by Crippen LogP contribution is -2.45. The minimum absolute atomic E-state index is 0.108. The van der Waals surface area contributed by atoms with Crippen molar-refractivity contribution in [1.29, 1.82) is 0 Å². The average Bonchev–Trinajstić information content (AvgIpc) is 2.46. The van der Waals surface area contributed by atoms with Gasteiger partial charge in [-0.25, -0.2) is 4.79 Å². The molecule has 1 fully saturated rings. The summed E-state index contributed by atoms with van der Waals surface area (Å²) in [4.78, 5) is 24.0. The van der Waals surface area contributed by atoms with E-state index in [0.717, 1.165) is 0 Å². The third-order valence-electron chi connectivity index (χ3n) is 2.61. The SMILES string of the molecule is C#CC1CC(=O)N([C@H](C(=O)O)C(C)C)C1. The van der Waals surface area contributed by atoms with Crippen molar-refractivity contribution in [2.24, 2.45) is 11.8 Å². The monoisotopic (exact) mass is 209 g/mol. The third-order valence-corrected chi connectivity index (χ3v) is 2.61. The maximum Gasteiger partial charge on any atom is 0.326 e. The lowest BCUT2D eigenvalue weighted by molar-refractivity contribution is -0.150. The van der Waals surface area contributed by atoms with E-state index < -0.39 is 12.0 Å². The van der Waals surface area contributed by atoms with Crippen molar-refractivity contribution in [3.05, 3.63) is 0 Å². The third kappa shape index (κ3) is 2.30. The highest BCUT2D eigenvalue weighted by molar-refractivity contribution is 5.85. The van der Waals surface area contributed by atoms with E-state index in [1.807, 2.05) is 0 Å². The second-order valence-corrected chi connectivity index (χ2v) is 4.14. The molecule has 0 aromatic rings. The van der Waals surface area contributed by atoms with E-state index >= 15 is 0 Å². The molecular formula is C11H15NO3. The Kier molecular flexibility index (Phi) is 3.35. The Morgan fingerprint density at radius 1 is 1.67 bits per heavy atom. The molecule has 1 rings (SSSR count). The summed E-state index contributed by atoms with van der Waals surface area (Å²) in [7, 11) is 0. The van der Waals surface area contributed by atoms with Gasteiger partial charge in [-0.05, 0) is 5.92 Å². The zero-order chi connectivity index (χ0) is 11.6. The van der Waals surface area contributed by atoms with Gasteiger partial charge >= 0.3 is 5.97 Å². The van der Waals surface area contributed by atoms with Crippen molar-refractivity contribution in [2.45, 2.75) is 26.3 Å². The summed E-state index contributed by atoms with van der Waals surface area (Å²) >= 11 is 0. The number of amides is 1. The summed E-state index contributed by atoms with van der Waals surface area (Å²) < 4.78 is 0. The van der Waals surface area contributed by atoms with E-state index in [4.69, 9.17) is 11.5 Å². The standard InChI is InChI=1S/C11H15NO3/c1-4-8-5-9(13)12(6-8)10(7(2)3)11(14)15/h1,7-8,10H,5-6H2,2-3H3,(H,14,15)/t8?,10-/m0/s1. The van der Waals surface area contributed by atoms with Gasteiger partial charge in [0.15, 0.2) is 0 Å². The molecule has 0 bridgehead atoms. The zero-order valence-electron chi connectivity index (χ0n) is 8.93. The largest absolute Gasteiger partial charge is 0.480 e. The second kappa shape index (κ2) is 4.35. The number of hydrogen-bond donors (Lipinski definition) is 1. The molecule has 0 saturated carbocycles. The van der Waals surface area contributed by atoms with Crippen LogP contribution in [-0.2, 0) is 9.59 Å². The predicted molar refractivity (Wildman–Crippen MR) is 54.9 cm³/mol. The molecule has 1 amide bonds. The molecule has 82 valence electrons. The number of carbonyl (C=O) groups is 2. The molecule has 0 radical (unpaired) electrons. The minimum Gasteiger partial charge on any atom is -0.480 e. The topological polar surface area (TPSA) is 57.6 Å². The van der Waals surface area contributed by atoms with Crippen molar-refractivity contribution in [2.75, 3.05) is 6.54 Å². The van der Waals surface area contributed by atoms with Gasteiger partial charge in [-0.2, -0.15) is 0 Å². The summed E-state index contributed by atoms with van der Waals surface area (Å²) in [5, 5.41) is 9.04. The van der Waals surface area contributed by atoms with Gasteiger partial charge in [-0.1, -0.05) is 13.8 Å². The first-order chi connectivity index (χ1) is 6.97. The van der Waals surface area contributed by atoms with E-state index in [0.29, 0.717) is 6.54 Å². The van der Waals surface area contributed by atoms with E-state index in [2.05, 4.69) is 5.92 Å². The predicted octanol–water partition coefficient (Wildman–Crippen LogP) is 0.577. The highest BCUT2D eigenvalue weighted by Gasteiger charge is 2.38. The Hall–Kier alpha value is -1.50. The fourth-order valence-corrected chi connectivity index (χ4v) is 1.89. The highest BCUT2D eigenvalue weighted by atomic mass is 16.4. The Morgan fingerprint density at radius 3 is 2.60 bits per heavy atom. The van der Waals surface area contributed by atoms with E-state index in [9.17, 15) is 9.59 Å². The molecule has 4 heteroatoms. The van der Waals surface area contributed by atoms with Crippen molar-refractivity contribution >= 4 is 11.9 Å². The van der Waals surface area contributed by atoms with Crippen LogP contribution in [-0.4, -0.2) is 34.5 Å². The summed E-state index contributed by atoms with van der Waals surface area (Å²) in [6.07, 6.45) is 5.51.